The first-order chi connectivity index (χ1) is 48.3. The number of carbonyl (C=O) groups excluding carboxylic acids is 10. The highest BCUT2D eigenvalue weighted by molar-refractivity contribution is 8.15. The van der Waals surface area contributed by atoms with Gasteiger partial charge in [-0.2, -0.15) is 0 Å². The van der Waals surface area contributed by atoms with Crippen LogP contribution in [0.2, 0.25) is 0 Å². The molecule has 3 heterocycles. The number of benzene rings is 3. The number of hydrogen-bond donors (Lipinski definition) is 9. The van der Waals surface area contributed by atoms with Gasteiger partial charge in [0.15, 0.2) is 5.78 Å². The molecule has 3 aromatic carbocycles. The van der Waals surface area contributed by atoms with Gasteiger partial charge in [-0.1, -0.05) is 168 Å². The fourth-order valence-electron chi connectivity index (χ4n) is 10.7. The molecule has 103 heavy (non-hydrogen) atoms. The lowest BCUT2D eigenvalue weighted by Crippen LogP contribution is -2.51. The molecule has 3 aliphatic rings. The molecule has 24 nitrogen and oxygen atoms in total. The van der Waals surface area contributed by atoms with E-state index in [2.05, 4.69) is 37.2 Å². The predicted octanol–water partition coefficient (Wildman–Crippen LogP) is 12.1. The van der Waals surface area contributed by atoms with E-state index in [1.165, 1.54) is 9.80 Å². The number of rotatable bonds is 30. The molecule has 576 valence electrons. The van der Waals surface area contributed by atoms with Gasteiger partial charge < -0.3 is 71.4 Å². The van der Waals surface area contributed by atoms with Crippen molar-refractivity contribution >= 4 is 104 Å². The van der Waals surface area contributed by atoms with Crippen LogP contribution in [0.15, 0.2) is 91.0 Å². The van der Waals surface area contributed by atoms with Gasteiger partial charge in [-0.25, -0.2) is 14.4 Å². The van der Waals surface area contributed by atoms with Crippen LogP contribution in [0.1, 0.15) is 159 Å². The number of hydrogen-bond acceptors (Lipinski definition) is 19. The van der Waals surface area contributed by atoms with E-state index in [4.69, 9.17) is 25.8 Å². The summed E-state index contributed by atoms with van der Waals surface area (Å²) in [7, 11) is 0. The summed E-state index contributed by atoms with van der Waals surface area (Å²) in [6.45, 7) is 30.9. The Hall–Kier alpha value is -6.62. The summed E-state index contributed by atoms with van der Waals surface area (Å²) in [6, 6.07) is 27.2. The SMILES string of the molecule is CC(C)C[C@H](NC(=O)OC(C)(C)C)C(=O)CN(C[C@@H]1CCNC1=O)C(=O)SCc1ccccc1.CC(C)C[C@H](NC(=O)OC(C)(C)C)C(O)CNC[C@@H]1CCNC1=O.CC(C)C[C@H](NC(=O)OC(C)(C)C)[C@@H](O)CN(C[C@@H]1CCNC1=O)C(=O)SCc1ccccc1.O=C(Cl)SCc1ccccc1. The zero-order valence-electron chi connectivity index (χ0n) is 62.9. The Balaban J connectivity index is 0.000000377. The van der Waals surface area contributed by atoms with Crippen LogP contribution in [0.5, 0.6) is 0 Å². The molecular weight excluding hydrogens is 1400 g/mol. The van der Waals surface area contributed by atoms with Crippen LogP contribution in [0.3, 0.4) is 0 Å². The van der Waals surface area contributed by atoms with Gasteiger partial charge in [0.05, 0.1) is 54.6 Å². The second-order valence-corrected chi connectivity index (χ2v) is 33.4. The Kier molecular flexibility index (Phi) is 40.8. The largest absolute Gasteiger partial charge is 0.444 e. The van der Waals surface area contributed by atoms with Gasteiger partial charge in [0, 0.05) is 69.6 Å². The van der Waals surface area contributed by atoms with E-state index in [9.17, 15) is 58.2 Å². The first kappa shape index (κ1) is 90.6. The average molecular weight is 1520 g/mol. The van der Waals surface area contributed by atoms with Crippen LogP contribution < -0.4 is 37.2 Å². The molecule has 0 saturated carbocycles. The van der Waals surface area contributed by atoms with Gasteiger partial charge in [-0.05, 0) is 147 Å². The van der Waals surface area contributed by atoms with Crippen molar-refractivity contribution in [2.45, 2.75) is 207 Å². The molecule has 0 aliphatic carbocycles. The number of nitrogens with one attached hydrogen (secondary N) is 7. The Labute approximate surface area is 628 Å². The van der Waals surface area contributed by atoms with Crippen molar-refractivity contribution in [1.29, 1.82) is 0 Å². The molecule has 3 fully saturated rings. The molecule has 3 saturated heterocycles. The smallest absolute Gasteiger partial charge is 0.408 e. The average Bonchev–Trinajstić information content (AvgIpc) is 1.85. The van der Waals surface area contributed by atoms with Gasteiger partial charge in [-0.15, -0.1) is 0 Å². The molecule has 9 N–H and O–H groups in total. The number of carbonyl (C=O) groups is 10. The molecular formula is C75H116ClN9O15S3. The zero-order chi connectivity index (χ0) is 77.0. The maximum atomic E-state index is 13.3. The van der Waals surface area contributed by atoms with Crippen LogP contribution in [-0.4, -0.2) is 183 Å². The summed E-state index contributed by atoms with van der Waals surface area (Å²) in [5, 5.41) is 40.7. The third-order valence-corrected chi connectivity index (χ3v) is 18.6. The maximum absolute atomic E-state index is 13.3. The quantitative estimate of drug-likeness (QED) is 0.0221. The molecule has 0 bridgehead atoms. The van der Waals surface area contributed by atoms with E-state index in [-0.39, 0.29) is 94.3 Å². The highest BCUT2D eigenvalue weighted by atomic mass is 35.5. The summed E-state index contributed by atoms with van der Waals surface area (Å²) in [5.41, 5.74) is 1.20. The lowest BCUT2D eigenvalue weighted by molar-refractivity contribution is -0.125. The van der Waals surface area contributed by atoms with Crippen molar-refractivity contribution < 1.29 is 72.4 Å². The van der Waals surface area contributed by atoms with Gasteiger partial charge in [0.25, 0.3) is 15.1 Å². The fraction of sp³-hybridized carbons (Fsp3) is 0.627. The lowest BCUT2D eigenvalue weighted by atomic mass is 9.98. The van der Waals surface area contributed by atoms with Gasteiger partial charge in [0.2, 0.25) is 17.7 Å². The standard InChI is InChI=1S/C25H39N3O5S.C25H37N3O5S.C17H33N3O4.C8H7ClOS/c2*1-17(2)13-20(27-23(31)33-25(3,4)5)21(29)15-28(14-19-11-12-26-22(19)30)24(32)34-16-18-9-7-6-8-10-18;1-11(2)8-13(20-16(23)24-17(3,4)5)14(21)10-18-9-12-6-7-19-15(12)22;9-8(10)11-6-7-4-2-1-3-5-7/h6-10,17,19-21,29H,11-16H2,1-5H3,(H,26,30)(H,27,31);6-10,17,19-20H,11-16H2,1-5H3,(H,26,30)(H,27,31);11-14,18,21H,6-10H2,1-5H3,(H,19,22)(H,20,23);1-5H,6H2/t19-,20-,21-;19-,20-;12-,13-,14?;/m000./s1. The third-order valence-electron chi connectivity index (χ3n) is 15.6. The van der Waals surface area contributed by atoms with E-state index in [1.54, 1.807) is 62.3 Å². The molecule has 0 spiro atoms. The molecule has 28 heteroatoms. The Bertz CT molecular complexity index is 3100. The van der Waals surface area contributed by atoms with Crippen LogP contribution in [0.25, 0.3) is 0 Å². The Morgan fingerprint density at radius 3 is 1.21 bits per heavy atom. The molecule has 0 aromatic heterocycles. The number of Topliss-reactive ketones (excluding diaryl/α,β-unsaturated/α-hetero) is 1. The van der Waals surface area contributed by atoms with Gasteiger partial charge in [-0.3, -0.25) is 33.6 Å². The van der Waals surface area contributed by atoms with Crippen molar-refractivity contribution in [2.75, 3.05) is 58.9 Å². The molecule has 1 unspecified atom stereocenters. The molecule has 3 aromatic rings. The van der Waals surface area contributed by atoms with Crippen molar-refractivity contribution in [1.82, 2.24) is 47.0 Å². The first-order valence-corrected chi connectivity index (χ1v) is 38.8. The minimum absolute atomic E-state index is 0.0115. The Morgan fingerprint density at radius 2 is 0.854 bits per heavy atom. The fourth-order valence-corrected chi connectivity index (χ4v) is 13.0. The minimum Gasteiger partial charge on any atom is -0.444 e. The van der Waals surface area contributed by atoms with E-state index in [0.717, 1.165) is 58.4 Å². The first-order valence-electron chi connectivity index (χ1n) is 35.4. The topological polar surface area (TPSA) is 330 Å². The normalized spacial score (nSPS) is 17.2. The summed E-state index contributed by atoms with van der Waals surface area (Å²) in [6.07, 6.45) is 0.0953. The van der Waals surface area contributed by atoms with E-state index in [0.29, 0.717) is 88.0 Å². The van der Waals surface area contributed by atoms with Crippen molar-refractivity contribution in [3.8, 4) is 0 Å². The van der Waals surface area contributed by atoms with Crippen LogP contribution in [-0.2, 0) is 50.6 Å². The second kappa shape index (κ2) is 46.4. The highest BCUT2D eigenvalue weighted by Crippen LogP contribution is 2.25. The number of aliphatic hydroxyl groups excluding tert-OH is 2. The number of thioether (sulfide) groups is 3. The minimum atomic E-state index is -1.01. The Morgan fingerprint density at radius 1 is 0.505 bits per heavy atom. The molecule has 6 rings (SSSR count). The highest BCUT2D eigenvalue weighted by Gasteiger charge is 2.36. The van der Waals surface area contributed by atoms with Crippen molar-refractivity contribution in [3.05, 3.63) is 108 Å². The van der Waals surface area contributed by atoms with E-state index >= 15 is 0 Å². The number of ether oxygens (including phenoxy) is 3. The number of amides is 8. The van der Waals surface area contributed by atoms with Crippen LogP contribution >= 0.6 is 46.9 Å². The summed E-state index contributed by atoms with van der Waals surface area (Å²) in [5.74, 6) is 1.16. The summed E-state index contributed by atoms with van der Waals surface area (Å²) in [4.78, 5) is 125. The maximum Gasteiger partial charge on any atom is 0.408 e. The summed E-state index contributed by atoms with van der Waals surface area (Å²) >= 11 is 8.51. The third kappa shape index (κ3) is 40.5. The molecule has 3 aliphatic heterocycles. The van der Waals surface area contributed by atoms with E-state index < -0.39 is 65.4 Å². The van der Waals surface area contributed by atoms with Gasteiger partial charge >= 0.3 is 18.3 Å². The molecule has 8 atom stereocenters. The van der Waals surface area contributed by atoms with Crippen molar-refractivity contribution in [2.24, 2.45) is 35.5 Å². The number of aliphatic hydroxyl groups is 2. The van der Waals surface area contributed by atoms with Crippen LogP contribution in [0, 0.1) is 35.5 Å². The van der Waals surface area contributed by atoms with Crippen LogP contribution in [0.4, 0.5) is 28.8 Å². The zero-order valence-corrected chi connectivity index (χ0v) is 66.1. The number of alkyl carbamates (subject to hydrolysis) is 3. The second-order valence-electron chi connectivity index (χ2n) is 30.1. The monoisotopic (exact) mass is 1510 g/mol. The molecule has 8 amide bonds. The van der Waals surface area contributed by atoms with Gasteiger partial charge in [0.1, 0.15) is 16.8 Å². The number of ketones is 1. The van der Waals surface area contributed by atoms with E-state index in [1.807, 2.05) is 133 Å². The predicted molar refractivity (Wildman–Crippen MR) is 409 cm³/mol. The lowest BCUT2D eigenvalue weighted by Gasteiger charge is -2.32. The number of nitrogens with zero attached hydrogens (tertiary/aromatic N) is 2. The van der Waals surface area contributed by atoms with Crippen molar-refractivity contribution in [3.63, 3.8) is 0 Å². The number of halogens is 1. The molecule has 0 radical (unpaired) electrons. The summed E-state index contributed by atoms with van der Waals surface area (Å²) < 4.78 is 15.6.